The van der Waals surface area contributed by atoms with E-state index in [0.717, 1.165) is 4.90 Å². The molecular weight excluding hydrogens is 398 g/mol. The van der Waals surface area contributed by atoms with E-state index in [1.807, 2.05) is 0 Å². The van der Waals surface area contributed by atoms with Crippen molar-refractivity contribution in [3.63, 3.8) is 0 Å². The first-order valence-electron chi connectivity index (χ1n) is 9.15. The highest BCUT2D eigenvalue weighted by Gasteiger charge is 2.33. The van der Waals surface area contributed by atoms with E-state index in [9.17, 15) is 18.5 Å². The van der Waals surface area contributed by atoms with Gasteiger partial charge in [-0.1, -0.05) is 12.1 Å². The first-order chi connectivity index (χ1) is 13.9. The molecule has 1 aliphatic heterocycles. The van der Waals surface area contributed by atoms with Gasteiger partial charge in [0, 0.05) is 12.1 Å². The third-order valence-electron chi connectivity index (χ3n) is 5.05. The lowest BCUT2D eigenvalue weighted by Gasteiger charge is -2.31. The van der Waals surface area contributed by atoms with E-state index in [2.05, 4.69) is 0 Å². The van der Waals surface area contributed by atoms with Gasteiger partial charge >= 0.3 is 0 Å². The van der Waals surface area contributed by atoms with Crippen molar-refractivity contribution in [2.45, 2.75) is 11.4 Å². The van der Waals surface area contributed by atoms with E-state index in [1.165, 1.54) is 30.7 Å². The second-order valence-corrected chi connectivity index (χ2v) is 8.64. The van der Waals surface area contributed by atoms with E-state index < -0.39 is 10.0 Å². The molecule has 1 saturated heterocycles. The number of ether oxygens (including phenoxy) is 2. The van der Waals surface area contributed by atoms with Gasteiger partial charge in [0.1, 0.15) is 22.9 Å². The average molecular weight is 422 g/mol. The molecule has 0 aliphatic carbocycles. The molecule has 0 radical (unpaired) electrons. The van der Waals surface area contributed by atoms with Crippen LogP contribution in [0.2, 0.25) is 0 Å². The largest absolute Gasteiger partial charge is 0.497 e. The molecule has 0 saturated carbocycles. The lowest BCUT2D eigenvalue weighted by Crippen LogP contribution is -3.13. The number of nitro benzene ring substituents is 1. The molecule has 10 heteroatoms. The predicted molar refractivity (Wildman–Crippen MR) is 106 cm³/mol. The van der Waals surface area contributed by atoms with Crippen molar-refractivity contribution < 1.29 is 27.7 Å². The summed E-state index contributed by atoms with van der Waals surface area (Å²) in [5.74, 6) is 0.700. The summed E-state index contributed by atoms with van der Waals surface area (Å²) in [5.41, 5.74) is 0.745. The molecule has 0 aromatic heterocycles. The Morgan fingerprint density at radius 2 is 1.79 bits per heavy atom. The van der Waals surface area contributed by atoms with Crippen molar-refractivity contribution >= 4 is 15.7 Å². The van der Waals surface area contributed by atoms with Crippen LogP contribution in [0.3, 0.4) is 0 Å². The van der Waals surface area contributed by atoms with Crippen LogP contribution in [0.15, 0.2) is 47.4 Å². The number of benzene rings is 2. The summed E-state index contributed by atoms with van der Waals surface area (Å²) in [6.45, 7) is 2.22. The number of rotatable bonds is 7. The minimum Gasteiger partial charge on any atom is -0.497 e. The second kappa shape index (κ2) is 8.76. The van der Waals surface area contributed by atoms with Gasteiger partial charge in [0.15, 0.2) is 0 Å². The molecule has 1 N–H and O–H groups in total. The number of piperazine rings is 1. The van der Waals surface area contributed by atoms with Crippen LogP contribution in [0.1, 0.15) is 5.56 Å². The van der Waals surface area contributed by atoms with Gasteiger partial charge in [-0.15, -0.1) is 0 Å². The van der Waals surface area contributed by atoms with Crippen molar-refractivity contribution in [3.05, 3.63) is 58.1 Å². The fraction of sp³-hybridized carbons (Fsp3) is 0.368. The van der Waals surface area contributed by atoms with Crippen LogP contribution in [0, 0.1) is 10.1 Å². The Kier molecular flexibility index (Phi) is 6.36. The minimum absolute atomic E-state index is 0.0708. The Morgan fingerprint density at radius 1 is 1.10 bits per heavy atom. The zero-order valence-corrected chi connectivity index (χ0v) is 17.1. The molecule has 0 bridgehead atoms. The number of methoxy groups -OCH3 is 2. The molecule has 0 atom stereocenters. The molecule has 1 aliphatic rings. The van der Waals surface area contributed by atoms with Crippen molar-refractivity contribution in [3.8, 4) is 11.5 Å². The third kappa shape index (κ3) is 4.50. The van der Waals surface area contributed by atoms with E-state index in [0.29, 0.717) is 44.0 Å². The molecule has 0 spiro atoms. The lowest BCUT2D eigenvalue weighted by molar-refractivity contribution is -0.917. The van der Waals surface area contributed by atoms with Gasteiger partial charge < -0.3 is 14.4 Å². The van der Waals surface area contributed by atoms with Crippen molar-refractivity contribution in [1.29, 1.82) is 0 Å². The number of hydrogen-bond donors (Lipinski definition) is 1. The smallest absolute Gasteiger partial charge is 0.278 e. The number of sulfonamides is 1. The molecular formula is C19H24N3O6S+. The van der Waals surface area contributed by atoms with Crippen molar-refractivity contribution in [1.82, 2.24) is 4.31 Å². The SMILES string of the molecule is COc1ccc(OC)c(S(=O)(=O)N2CC[NH+](Cc3ccccc3[N+](=O)[O-])CC2)c1. The van der Waals surface area contributed by atoms with Crippen LogP contribution in [-0.2, 0) is 16.6 Å². The average Bonchev–Trinajstić information content (AvgIpc) is 2.74. The monoisotopic (exact) mass is 422 g/mol. The summed E-state index contributed by atoms with van der Waals surface area (Å²) >= 11 is 0. The summed E-state index contributed by atoms with van der Waals surface area (Å²) in [4.78, 5) is 12.0. The molecule has 1 fully saturated rings. The number of nitrogens with zero attached hydrogens (tertiary/aromatic N) is 2. The van der Waals surface area contributed by atoms with E-state index in [1.54, 1.807) is 30.3 Å². The van der Waals surface area contributed by atoms with Gasteiger partial charge in [0.05, 0.1) is 50.9 Å². The maximum atomic E-state index is 13.1. The lowest BCUT2D eigenvalue weighted by atomic mass is 10.1. The summed E-state index contributed by atoms with van der Waals surface area (Å²) < 4.78 is 38.1. The Labute approximate surface area is 169 Å². The first kappa shape index (κ1) is 21.0. The fourth-order valence-corrected chi connectivity index (χ4v) is 5.06. The van der Waals surface area contributed by atoms with Gasteiger partial charge in [0.25, 0.3) is 5.69 Å². The maximum Gasteiger partial charge on any atom is 0.278 e. The van der Waals surface area contributed by atoms with Gasteiger partial charge in [-0.25, -0.2) is 8.42 Å². The molecule has 2 aromatic rings. The van der Waals surface area contributed by atoms with Gasteiger partial charge in [-0.05, 0) is 18.2 Å². The van der Waals surface area contributed by atoms with Crippen LogP contribution in [0.4, 0.5) is 5.69 Å². The van der Waals surface area contributed by atoms with E-state index in [4.69, 9.17) is 9.47 Å². The van der Waals surface area contributed by atoms with Crippen LogP contribution in [0.5, 0.6) is 11.5 Å². The highest BCUT2D eigenvalue weighted by atomic mass is 32.2. The zero-order valence-electron chi connectivity index (χ0n) is 16.3. The van der Waals surface area contributed by atoms with E-state index >= 15 is 0 Å². The minimum atomic E-state index is -3.75. The Hall–Kier alpha value is -2.69. The Balaban J connectivity index is 1.73. The van der Waals surface area contributed by atoms with Crippen LogP contribution in [-0.4, -0.2) is 58.0 Å². The van der Waals surface area contributed by atoms with Gasteiger partial charge in [-0.2, -0.15) is 4.31 Å². The summed E-state index contributed by atoms with van der Waals surface area (Å²) in [6, 6.07) is 11.3. The molecule has 9 nitrogen and oxygen atoms in total. The maximum absolute atomic E-state index is 13.1. The zero-order chi connectivity index (χ0) is 21.0. The van der Waals surface area contributed by atoms with Crippen LogP contribution in [0.25, 0.3) is 0 Å². The highest BCUT2D eigenvalue weighted by Crippen LogP contribution is 2.30. The molecule has 29 heavy (non-hydrogen) atoms. The first-order valence-corrected chi connectivity index (χ1v) is 10.6. The Bertz CT molecular complexity index is 987. The summed E-state index contributed by atoms with van der Waals surface area (Å²) in [7, 11) is -0.847. The normalized spacial score (nSPS) is 15.8. The predicted octanol–water partition coefficient (Wildman–Crippen LogP) is 0.701. The van der Waals surface area contributed by atoms with Crippen molar-refractivity contribution in [2.24, 2.45) is 0 Å². The molecule has 2 aromatic carbocycles. The quantitative estimate of drug-likeness (QED) is 0.521. The van der Waals surface area contributed by atoms with Crippen LogP contribution >= 0.6 is 0 Å². The summed E-state index contributed by atoms with van der Waals surface area (Å²) in [6.07, 6.45) is 0. The van der Waals surface area contributed by atoms with Crippen molar-refractivity contribution in [2.75, 3.05) is 40.4 Å². The van der Waals surface area contributed by atoms with Crippen LogP contribution < -0.4 is 14.4 Å². The highest BCUT2D eigenvalue weighted by molar-refractivity contribution is 7.89. The third-order valence-corrected chi connectivity index (χ3v) is 6.97. The molecule has 1 heterocycles. The fourth-order valence-electron chi connectivity index (χ4n) is 3.45. The van der Waals surface area contributed by atoms with Gasteiger partial charge in [-0.3, -0.25) is 10.1 Å². The molecule has 0 unspecified atom stereocenters. The molecule has 156 valence electrons. The number of para-hydroxylation sites is 1. The summed E-state index contributed by atoms with van der Waals surface area (Å²) in [5, 5.41) is 11.2. The number of nitrogens with one attached hydrogen (secondary N) is 1. The standard InChI is InChI=1S/C19H23N3O6S/c1-27-16-7-8-18(28-2)19(13-16)29(25,26)21-11-9-20(10-12-21)14-15-5-3-4-6-17(15)22(23)24/h3-8,13H,9-12,14H2,1-2H3/p+1. The number of quaternary nitrogens is 1. The topological polar surface area (TPSA) is 103 Å². The second-order valence-electron chi connectivity index (χ2n) is 6.73. The van der Waals surface area contributed by atoms with E-state index in [-0.39, 0.29) is 21.3 Å². The number of nitro groups is 1. The molecule has 3 rings (SSSR count). The molecule has 0 amide bonds. The Morgan fingerprint density at radius 3 is 2.41 bits per heavy atom. The van der Waals surface area contributed by atoms with Gasteiger partial charge in [0.2, 0.25) is 10.0 Å². The number of hydrogen-bond acceptors (Lipinski definition) is 6.